The van der Waals surface area contributed by atoms with E-state index in [1.807, 2.05) is 65.2 Å². The Bertz CT molecular complexity index is 2020. The van der Waals surface area contributed by atoms with Crippen molar-refractivity contribution in [1.82, 2.24) is 24.0 Å². The third-order valence-corrected chi connectivity index (χ3v) is 7.29. The Morgan fingerprint density at radius 2 is 1.57 bits per heavy atom. The maximum Gasteiger partial charge on any atom is 0.328 e. The Hall–Kier alpha value is -5.18. The summed E-state index contributed by atoms with van der Waals surface area (Å²) in [6, 6.07) is 23.8. The van der Waals surface area contributed by atoms with Gasteiger partial charge in [-0.1, -0.05) is 24.3 Å². The molecule has 0 radical (unpaired) electrons. The molecule has 2 heterocycles. The van der Waals surface area contributed by atoms with Gasteiger partial charge in [-0.15, -0.1) is 0 Å². The molecule has 9 heteroatoms. The lowest BCUT2D eigenvalue weighted by atomic mass is 10.0. The molecule has 200 valence electrons. The molecule has 0 unspecified atom stereocenters. The molecule has 0 saturated carbocycles. The molecule has 0 aliphatic heterocycles. The average molecular weight is 536 g/mol. The zero-order valence-corrected chi connectivity index (χ0v) is 22.4. The SMILES string of the molecule is CNC(=O)c1ccc(-c2ccc3c(c2)nc(-c2ccccc2OC)n3-c2ccc3c(c2)n(C)c(=O)n3C)cc1F. The fourth-order valence-electron chi connectivity index (χ4n) is 5.18. The van der Waals surface area contributed by atoms with Crippen LogP contribution in [0.15, 0.2) is 83.7 Å². The van der Waals surface area contributed by atoms with E-state index in [0.29, 0.717) is 22.7 Å². The van der Waals surface area contributed by atoms with Gasteiger partial charge in [0.1, 0.15) is 17.4 Å². The number of ether oxygens (including phenoxy) is 1. The maximum absolute atomic E-state index is 14.8. The first-order chi connectivity index (χ1) is 19.3. The van der Waals surface area contributed by atoms with Crippen molar-refractivity contribution in [2.75, 3.05) is 14.2 Å². The second-order valence-electron chi connectivity index (χ2n) is 9.52. The number of aromatic nitrogens is 4. The van der Waals surface area contributed by atoms with Gasteiger partial charge in [0.05, 0.1) is 40.3 Å². The first kappa shape index (κ1) is 25.1. The maximum atomic E-state index is 14.8. The van der Waals surface area contributed by atoms with Crippen molar-refractivity contribution < 1.29 is 13.9 Å². The van der Waals surface area contributed by atoms with Crippen molar-refractivity contribution in [3.05, 3.63) is 101 Å². The monoisotopic (exact) mass is 535 g/mol. The number of hydrogen-bond acceptors (Lipinski definition) is 4. The molecule has 2 aromatic heterocycles. The molecule has 0 saturated heterocycles. The fraction of sp³-hybridized carbons (Fsp3) is 0.129. The summed E-state index contributed by atoms with van der Waals surface area (Å²) in [6.45, 7) is 0. The number of halogens is 1. The molecule has 0 aliphatic carbocycles. The van der Waals surface area contributed by atoms with Crippen molar-refractivity contribution in [3.63, 3.8) is 0 Å². The minimum absolute atomic E-state index is 0.0132. The number of fused-ring (bicyclic) bond motifs is 2. The molecule has 8 nitrogen and oxygen atoms in total. The van der Waals surface area contributed by atoms with E-state index in [4.69, 9.17) is 9.72 Å². The number of imidazole rings is 2. The van der Waals surface area contributed by atoms with Gasteiger partial charge in [-0.2, -0.15) is 0 Å². The van der Waals surface area contributed by atoms with Crippen LogP contribution in [0.4, 0.5) is 4.39 Å². The highest BCUT2D eigenvalue weighted by molar-refractivity contribution is 5.95. The van der Waals surface area contributed by atoms with Crippen LogP contribution in [0.2, 0.25) is 0 Å². The molecule has 1 amide bonds. The Morgan fingerprint density at radius 1 is 0.875 bits per heavy atom. The summed E-state index contributed by atoms with van der Waals surface area (Å²) >= 11 is 0. The Morgan fingerprint density at radius 3 is 2.33 bits per heavy atom. The van der Waals surface area contributed by atoms with E-state index < -0.39 is 11.7 Å². The number of amides is 1. The second kappa shape index (κ2) is 9.53. The summed E-state index contributed by atoms with van der Waals surface area (Å²) in [6.07, 6.45) is 0. The van der Waals surface area contributed by atoms with Gasteiger partial charge in [0, 0.05) is 26.8 Å². The number of carbonyl (C=O) groups excluding carboxylic acids is 1. The van der Waals surface area contributed by atoms with Crippen molar-refractivity contribution in [2.45, 2.75) is 0 Å². The van der Waals surface area contributed by atoms with Crippen LogP contribution < -0.4 is 15.7 Å². The van der Waals surface area contributed by atoms with Gasteiger partial charge in [0.25, 0.3) is 5.91 Å². The molecular weight excluding hydrogens is 509 g/mol. The third-order valence-electron chi connectivity index (χ3n) is 7.29. The van der Waals surface area contributed by atoms with Gasteiger partial charge >= 0.3 is 5.69 Å². The standard InChI is InChI=1S/C31H26FN5O3/c1-33-30(38)21-12-9-18(15-23(21)32)19-10-13-25-24(16-19)34-29(22-7-5-6-8-28(22)40-4)37(25)20-11-14-26-27(17-20)36(3)31(39)35(26)2/h5-17H,1-4H3,(H,33,38). The number of benzene rings is 4. The summed E-state index contributed by atoms with van der Waals surface area (Å²) in [4.78, 5) is 29.5. The topological polar surface area (TPSA) is 83.1 Å². The van der Waals surface area contributed by atoms with Crippen LogP contribution in [0.1, 0.15) is 10.4 Å². The molecule has 0 spiro atoms. The number of carbonyl (C=O) groups is 1. The van der Waals surface area contributed by atoms with Crippen molar-refractivity contribution in [3.8, 4) is 34.0 Å². The molecule has 0 bridgehead atoms. The zero-order chi connectivity index (χ0) is 28.1. The lowest BCUT2D eigenvalue weighted by molar-refractivity contribution is 0.0959. The average Bonchev–Trinajstić information content (AvgIpc) is 3.46. The molecule has 6 aromatic rings. The fourth-order valence-corrected chi connectivity index (χ4v) is 5.18. The van der Waals surface area contributed by atoms with Crippen LogP contribution in [0, 0.1) is 5.82 Å². The van der Waals surface area contributed by atoms with Crippen molar-refractivity contribution in [1.29, 1.82) is 0 Å². The zero-order valence-electron chi connectivity index (χ0n) is 22.4. The number of hydrogen-bond donors (Lipinski definition) is 1. The van der Waals surface area contributed by atoms with Crippen molar-refractivity contribution >= 4 is 28.0 Å². The van der Waals surface area contributed by atoms with E-state index in [1.54, 1.807) is 36.4 Å². The Balaban J connectivity index is 1.59. The first-order valence-corrected chi connectivity index (χ1v) is 12.7. The molecule has 0 aliphatic rings. The predicted molar refractivity (Wildman–Crippen MR) is 154 cm³/mol. The van der Waals surface area contributed by atoms with Gasteiger partial charge in [-0.3, -0.25) is 18.5 Å². The summed E-state index contributed by atoms with van der Waals surface area (Å²) in [5, 5.41) is 2.45. The van der Waals surface area contributed by atoms with Gasteiger partial charge in [-0.25, -0.2) is 14.2 Å². The van der Waals surface area contributed by atoms with Crippen LogP contribution in [0.3, 0.4) is 0 Å². The van der Waals surface area contributed by atoms with Gasteiger partial charge in [-0.05, 0) is 65.7 Å². The smallest absolute Gasteiger partial charge is 0.328 e. The van der Waals surface area contributed by atoms with E-state index in [2.05, 4.69) is 5.32 Å². The minimum Gasteiger partial charge on any atom is -0.496 e. The molecule has 4 aromatic carbocycles. The normalized spacial score (nSPS) is 11.3. The Labute approximate surface area is 228 Å². The van der Waals surface area contributed by atoms with E-state index in [-0.39, 0.29) is 11.3 Å². The lowest BCUT2D eigenvalue weighted by Gasteiger charge is -2.13. The summed E-state index contributed by atoms with van der Waals surface area (Å²) in [5.41, 5.74) is 6.02. The number of nitrogens with zero attached hydrogens (tertiary/aromatic N) is 4. The Kier molecular flexibility index (Phi) is 5.99. The van der Waals surface area contributed by atoms with Crippen LogP contribution in [-0.4, -0.2) is 38.7 Å². The highest BCUT2D eigenvalue weighted by Crippen LogP contribution is 2.36. The van der Waals surface area contributed by atoms with E-state index in [0.717, 1.165) is 33.4 Å². The molecule has 0 fully saturated rings. The summed E-state index contributed by atoms with van der Waals surface area (Å²) < 4.78 is 25.7. The van der Waals surface area contributed by atoms with Crippen LogP contribution in [0.25, 0.3) is 50.3 Å². The minimum atomic E-state index is -0.598. The lowest BCUT2D eigenvalue weighted by Crippen LogP contribution is -2.19. The molecule has 6 rings (SSSR count). The largest absolute Gasteiger partial charge is 0.496 e. The molecule has 0 atom stereocenters. The number of rotatable bonds is 5. The van der Waals surface area contributed by atoms with Gasteiger partial charge in [0.2, 0.25) is 0 Å². The predicted octanol–water partition coefficient (Wildman–Crippen LogP) is 5.06. The van der Waals surface area contributed by atoms with Crippen molar-refractivity contribution in [2.24, 2.45) is 14.1 Å². The van der Waals surface area contributed by atoms with E-state index in [9.17, 15) is 14.0 Å². The summed E-state index contributed by atoms with van der Waals surface area (Å²) in [5.74, 6) is 0.247. The highest BCUT2D eigenvalue weighted by Gasteiger charge is 2.20. The number of nitrogens with one attached hydrogen (secondary N) is 1. The van der Waals surface area contributed by atoms with Crippen LogP contribution in [-0.2, 0) is 14.1 Å². The highest BCUT2D eigenvalue weighted by atomic mass is 19.1. The molecule has 40 heavy (non-hydrogen) atoms. The number of aryl methyl sites for hydroxylation is 2. The summed E-state index contributed by atoms with van der Waals surface area (Å²) in [7, 11) is 6.59. The van der Waals surface area contributed by atoms with Gasteiger partial charge < -0.3 is 10.1 Å². The molecule has 1 N–H and O–H groups in total. The number of para-hydroxylation sites is 1. The first-order valence-electron chi connectivity index (χ1n) is 12.7. The van der Waals surface area contributed by atoms with Crippen LogP contribution >= 0.6 is 0 Å². The quantitative estimate of drug-likeness (QED) is 0.335. The molecular formula is C31H26FN5O3. The number of methoxy groups -OCH3 is 1. The van der Waals surface area contributed by atoms with Crippen LogP contribution in [0.5, 0.6) is 5.75 Å². The van der Waals surface area contributed by atoms with Gasteiger partial charge in [0.15, 0.2) is 0 Å². The van der Waals surface area contributed by atoms with E-state index >= 15 is 0 Å². The second-order valence-corrected chi connectivity index (χ2v) is 9.52. The van der Waals surface area contributed by atoms with E-state index in [1.165, 1.54) is 19.2 Å². The third kappa shape index (κ3) is 3.86.